The van der Waals surface area contributed by atoms with E-state index in [1.54, 1.807) is 60.7 Å². The molecule has 5 nitrogen and oxygen atoms in total. The van der Waals surface area contributed by atoms with Crippen LogP contribution in [0.15, 0.2) is 140 Å². The topological polar surface area (TPSA) is 81.2 Å². The second kappa shape index (κ2) is 13.2. The van der Waals surface area contributed by atoms with Crippen molar-refractivity contribution in [2.75, 3.05) is 0 Å². The fourth-order valence-electron chi connectivity index (χ4n) is 7.87. The number of alkyl halides is 6. The molecule has 0 N–H and O–H groups in total. The summed E-state index contributed by atoms with van der Waals surface area (Å²) in [6.07, 6.45) is -10.1. The molecule has 0 radical (unpaired) electrons. The number of hydrogen-bond acceptors (Lipinski definition) is 3. The summed E-state index contributed by atoms with van der Waals surface area (Å²) in [7, 11) is 0. The molecule has 2 heterocycles. The lowest BCUT2D eigenvalue weighted by molar-refractivity contribution is -0.143. The first kappa shape index (κ1) is 35.9. The van der Waals surface area contributed by atoms with Crippen LogP contribution in [-0.4, -0.2) is 9.13 Å². The van der Waals surface area contributed by atoms with E-state index in [0.717, 1.165) is 38.1 Å². The molecular formula is C47H23F6N5. The van der Waals surface area contributed by atoms with Crippen molar-refractivity contribution in [1.82, 2.24) is 9.13 Å². The first-order chi connectivity index (χ1) is 27.9. The molecular weight excluding hydrogens is 749 g/mol. The average molecular weight is 772 g/mol. The van der Waals surface area contributed by atoms with Gasteiger partial charge in [0.15, 0.2) is 0 Å². The third-order valence-electron chi connectivity index (χ3n) is 10.4. The van der Waals surface area contributed by atoms with Crippen molar-refractivity contribution in [1.29, 1.82) is 15.8 Å². The van der Waals surface area contributed by atoms with E-state index in [1.165, 1.54) is 6.07 Å². The zero-order valence-corrected chi connectivity index (χ0v) is 29.8. The minimum absolute atomic E-state index is 0.0667. The maximum absolute atomic E-state index is 14.2. The lowest BCUT2D eigenvalue weighted by Gasteiger charge is -2.20. The van der Waals surface area contributed by atoms with Crippen molar-refractivity contribution in [3.05, 3.63) is 167 Å². The molecule has 0 atom stereocenters. The number of nitrogens with zero attached hydrogens (tertiary/aromatic N) is 5. The Bertz CT molecular complexity index is 3280. The maximum atomic E-state index is 14.2. The summed E-state index contributed by atoms with van der Waals surface area (Å²) in [6, 6.07) is 43.3. The Balaban J connectivity index is 1.43. The third kappa shape index (κ3) is 5.79. The second-order valence-electron chi connectivity index (χ2n) is 13.8. The predicted molar refractivity (Wildman–Crippen MR) is 210 cm³/mol. The van der Waals surface area contributed by atoms with Crippen LogP contribution in [0.3, 0.4) is 0 Å². The second-order valence-corrected chi connectivity index (χ2v) is 13.8. The number of fused-ring (bicyclic) bond motifs is 6. The molecule has 0 unspecified atom stereocenters. The molecule has 0 spiro atoms. The van der Waals surface area contributed by atoms with Crippen LogP contribution in [-0.2, 0) is 12.4 Å². The monoisotopic (exact) mass is 771 g/mol. The molecule has 9 rings (SSSR count). The first-order valence-electron chi connectivity index (χ1n) is 17.7. The summed E-state index contributed by atoms with van der Waals surface area (Å²) in [5, 5.41) is 32.9. The predicted octanol–water partition coefficient (Wildman–Crippen LogP) is 12.9. The van der Waals surface area contributed by atoms with Gasteiger partial charge in [-0.05, 0) is 108 Å². The number of benzene rings is 7. The highest BCUT2D eigenvalue weighted by Gasteiger charge is 2.37. The van der Waals surface area contributed by atoms with Crippen LogP contribution in [0.25, 0.3) is 77.2 Å². The van der Waals surface area contributed by atoms with Crippen LogP contribution in [0.5, 0.6) is 0 Å². The SMILES string of the molecule is N#Cc1ccc(-n2c3ccccc3c3cc(C#N)ccc32)c(-c2cc(-c3cc(C(F)(F)F)cc(C(F)(F)F)c3)ccc2-n2c3ccccc3c3cc(C#N)ccc32)c1. The molecule has 0 fully saturated rings. The molecule has 2 aromatic heterocycles. The smallest absolute Gasteiger partial charge is 0.309 e. The van der Waals surface area contributed by atoms with Gasteiger partial charge < -0.3 is 9.13 Å². The van der Waals surface area contributed by atoms with E-state index >= 15 is 0 Å². The van der Waals surface area contributed by atoms with Crippen LogP contribution in [0.4, 0.5) is 26.3 Å². The van der Waals surface area contributed by atoms with Gasteiger partial charge in [-0.2, -0.15) is 42.1 Å². The van der Waals surface area contributed by atoms with Crippen molar-refractivity contribution >= 4 is 43.6 Å². The van der Waals surface area contributed by atoms with Gasteiger partial charge in [0, 0.05) is 32.7 Å². The lowest BCUT2D eigenvalue weighted by Crippen LogP contribution is -2.11. The summed E-state index contributed by atoms with van der Waals surface area (Å²) in [6.45, 7) is 0. The van der Waals surface area contributed by atoms with E-state index in [-0.39, 0.29) is 22.8 Å². The third-order valence-corrected chi connectivity index (χ3v) is 10.4. The van der Waals surface area contributed by atoms with E-state index in [4.69, 9.17) is 0 Å². The molecule has 0 aliphatic carbocycles. The van der Waals surface area contributed by atoms with Gasteiger partial charge in [-0.25, -0.2) is 0 Å². The largest absolute Gasteiger partial charge is 0.416 e. The number of halogens is 6. The maximum Gasteiger partial charge on any atom is 0.416 e. The fourth-order valence-corrected chi connectivity index (χ4v) is 7.87. The molecule has 0 saturated carbocycles. The minimum atomic E-state index is -5.07. The molecule has 58 heavy (non-hydrogen) atoms. The van der Waals surface area contributed by atoms with E-state index < -0.39 is 23.5 Å². The van der Waals surface area contributed by atoms with Gasteiger partial charge in [-0.1, -0.05) is 42.5 Å². The minimum Gasteiger partial charge on any atom is -0.309 e. The zero-order chi connectivity index (χ0) is 40.5. The Morgan fingerprint density at radius 2 is 0.793 bits per heavy atom. The molecule has 0 aliphatic heterocycles. The summed E-state index contributed by atoms with van der Waals surface area (Å²) in [5.74, 6) is 0. The van der Waals surface area contributed by atoms with Gasteiger partial charge in [0.2, 0.25) is 0 Å². The highest BCUT2D eigenvalue weighted by molar-refractivity contribution is 6.12. The van der Waals surface area contributed by atoms with Crippen LogP contribution in [0.2, 0.25) is 0 Å². The summed E-state index contributed by atoms with van der Waals surface area (Å²) >= 11 is 0. The van der Waals surface area contributed by atoms with Crippen molar-refractivity contribution in [3.63, 3.8) is 0 Å². The van der Waals surface area contributed by atoms with Crippen LogP contribution < -0.4 is 0 Å². The molecule has 9 aromatic rings. The standard InChI is InChI=1S/C47H23F6N5/c48-46(49,50)32-20-31(21-33(23-32)47(51,52)53)30-12-16-45(58-41-8-4-2-6-35(41)37-18-28(25-55)10-14-43(37)58)39(22-30)38-19-29(26-56)11-15-44(38)57-40-7-3-1-5-34(40)36-17-27(24-54)9-13-42(36)57/h1-23H. The Morgan fingerprint density at radius 1 is 0.379 bits per heavy atom. The number of nitriles is 3. The van der Waals surface area contributed by atoms with Crippen LogP contribution in [0.1, 0.15) is 27.8 Å². The number of para-hydroxylation sites is 2. The highest BCUT2D eigenvalue weighted by Crippen LogP contribution is 2.44. The fraction of sp³-hybridized carbons (Fsp3) is 0.0426. The van der Waals surface area contributed by atoms with Crippen LogP contribution in [0, 0.1) is 34.0 Å². The van der Waals surface area contributed by atoms with E-state index in [2.05, 4.69) is 18.2 Å². The summed E-state index contributed by atoms with van der Waals surface area (Å²) in [4.78, 5) is 0. The van der Waals surface area contributed by atoms with Gasteiger partial charge in [0.25, 0.3) is 0 Å². The molecule has 0 aliphatic rings. The molecule has 0 saturated heterocycles. The highest BCUT2D eigenvalue weighted by atomic mass is 19.4. The van der Waals surface area contributed by atoms with Gasteiger partial charge in [0.05, 0.1) is 79.5 Å². The van der Waals surface area contributed by atoms with Gasteiger partial charge in [0.1, 0.15) is 0 Å². The van der Waals surface area contributed by atoms with Crippen molar-refractivity contribution < 1.29 is 26.3 Å². The van der Waals surface area contributed by atoms with Crippen molar-refractivity contribution in [2.24, 2.45) is 0 Å². The van der Waals surface area contributed by atoms with E-state index in [1.807, 2.05) is 63.7 Å². The van der Waals surface area contributed by atoms with Gasteiger partial charge in [-0.3, -0.25) is 0 Å². The van der Waals surface area contributed by atoms with E-state index in [9.17, 15) is 42.1 Å². The normalized spacial score (nSPS) is 11.9. The Morgan fingerprint density at radius 3 is 1.28 bits per heavy atom. The van der Waals surface area contributed by atoms with Gasteiger partial charge >= 0.3 is 12.4 Å². The number of aromatic nitrogens is 2. The molecule has 278 valence electrons. The Labute approximate surface area is 325 Å². The van der Waals surface area contributed by atoms with Crippen molar-refractivity contribution in [3.8, 4) is 51.8 Å². The Hall–Kier alpha value is -7.81. The zero-order valence-electron chi connectivity index (χ0n) is 29.8. The van der Waals surface area contributed by atoms with Crippen LogP contribution >= 0.6 is 0 Å². The number of rotatable bonds is 4. The Kier molecular flexibility index (Phi) is 8.13. The first-order valence-corrected chi connectivity index (χ1v) is 17.7. The molecule has 11 heteroatoms. The quantitative estimate of drug-likeness (QED) is 0.167. The molecule has 7 aromatic carbocycles. The average Bonchev–Trinajstić information content (AvgIpc) is 3.74. The van der Waals surface area contributed by atoms with Gasteiger partial charge in [-0.15, -0.1) is 0 Å². The summed E-state index contributed by atoms with van der Waals surface area (Å²) < 4.78 is 88.8. The van der Waals surface area contributed by atoms with Crippen molar-refractivity contribution in [2.45, 2.75) is 12.4 Å². The van der Waals surface area contributed by atoms with E-state index in [0.29, 0.717) is 51.3 Å². The summed E-state index contributed by atoms with van der Waals surface area (Å²) in [5.41, 5.74) is 2.75. The lowest BCUT2D eigenvalue weighted by atomic mass is 9.93. The molecule has 0 bridgehead atoms. The number of hydrogen-bond donors (Lipinski definition) is 0. The molecule has 0 amide bonds.